The summed E-state index contributed by atoms with van der Waals surface area (Å²) in [7, 11) is 0. The Morgan fingerprint density at radius 3 is 2.80 bits per heavy atom. The number of amides is 1. The van der Waals surface area contributed by atoms with Gasteiger partial charge in [-0.1, -0.05) is 19.4 Å². The molecule has 0 saturated heterocycles. The van der Waals surface area contributed by atoms with Gasteiger partial charge in [-0.05, 0) is 84.4 Å². The summed E-state index contributed by atoms with van der Waals surface area (Å²) in [6.07, 6.45) is 8.30. The fourth-order valence-electron chi connectivity index (χ4n) is 5.38. The molecule has 3 unspecified atom stereocenters. The van der Waals surface area contributed by atoms with Gasteiger partial charge >= 0.3 is 0 Å². The van der Waals surface area contributed by atoms with E-state index in [4.69, 9.17) is 18.9 Å². The van der Waals surface area contributed by atoms with Gasteiger partial charge in [0.15, 0.2) is 23.0 Å². The van der Waals surface area contributed by atoms with Gasteiger partial charge in [-0.25, -0.2) is 0 Å². The molecule has 1 aliphatic carbocycles. The summed E-state index contributed by atoms with van der Waals surface area (Å²) in [5.41, 5.74) is 3.03. The van der Waals surface area contributed by atoms with Crippen LogP contribution >= 0.6 is 15.9 Å². The smallest absolute Gasteiger partial charge is 0.287 e. The molecule has 4 rings (SSSR count). The molecule has 9 heteroatoms. The number of carbonyl (C=O) groups excluding carboxylic acids is 2. The number of hydrogen-bond donors (Lipinski definition) is 1. The van der Waals surface area contributed by atoms with Crippen LogP contribution in [0.3, 0.4) is 0 Å². The predicted molar refractivity (Wildman–Crippen MR) is 156 cm³/mol. The first-order valence-corrected chi connectivity index (χ1v) is 14.4. The van der Waals surface area contributed by atoms with E-state index in [9.17, 15) is 14.9 Å². The SMILES string of the molecule is CCCC1CC(=O)C2=C(C1)N=C(C)C(C#N)C2c1cc(Br)c(OCC=CCNC(=O)c2ccco2)c(OCC)c1. The Balaban J connectivity index is 1.54. The molecular formula is C31H34BrN3O5. The van der Waals surface area contributed by atoms with Crippen LogP contribution in [-0.2, 0) is 4.79 Å². The molecule has 1 aromatic carbocycles. The molecule has 2 heterocycles. The number of aliphatic imine (C=N–C) groups is 1. The molecule has 2 aliphatic rings. The maximum Gasteiger partial charge on any atom is 0.287 e. The Kier molecular flexibility index (Phi) is 9.99. The molecule has 8 nitrogen and oxygen atoms in total. The van der Waals surface area contributed by atoms with Gasteiger partial charge in [0.1, 0.15) is 6.61 Å². The van der Waals surface area contributed by atoms with Crippen LogP contribution in [0.4, 0.5) is 0 Å². The van der Waals surface area contributed by atoms with Crippen molar-refractivity contribution in [2.75, 3.05) is 19.8 Å². The standard InChI is InChI=1S/C31H34BrN3O5/c1-4-9-20-14-24-29(25(36)15-20)28(22(18-33)19(3)35-24)21-16-23(32)30(27(17-21)38-5-2)40-12-7-6-11-34-31(37)26-10-8-13-39-26/h6-8,10,13,16-17,20,22,28H,4-5,9,11-12,14-15H2,1-3H3,(H,34,37). The molecule has 0 bridgehead atoms. The highest BCUT2D eigenvalue weighted by Crippen LogP contribution is 2.48. The quantitative estimate of drug-likeness (QED) is 0.290. The molecule has 3 atom stereocenters. The molecule has 0 radical (unpaired) electrons. The maximum absolute atomic E-state index is 13.4. The second-order valence-electron chi connectivity index (χ2n) is 9.92. The Morgan fingerprint density at radius 2 is 2.10 bits per heavy atom. The van der Waals surface area contributed by atoms with Crippen LogP contribution in [0.1, 0.15) is 68.5 Å². The first-order valence-electron chi connectivity index (χ1n) is 13.6. The van der Waals surface area contributed by atoms with Crippen LogP contribution < -0.4 is 14.8 Å². The van der Waals surface area contributed by atoms with E-state index >= 15 is 0 Å². The molecule has 2 aromatic rings. The van der Waals surface area contributed by atoms with Gasteiger partial charge in [0.25, 0.3) is 5.91 Å². The molecular weight excluding hydrogens is 574 g/mol. The molecule has 0 spiro atoms. The van der Waals surface area contributed by atoms with Crippen LogP contribution in [0.5, 0.6) is 11.5 Å². The number of ketones is 1. The van der Waals surface area contributed by atoms with Gasteiger partial charge in [-0.2, -0.15) is 5.26 Å². The van der Waals surface area contributed by atoms with Crippen LogP contribution in [0.2, 0.25) is 0 Å². The highest BCUT2D eigenvalue weighted by molar-refractivity contribution is 9.10. The summed E-state index contributed by atoms with van der Waals surface area (Å²) < 4.78 is 17.7. The van der Waals surface area contributed by atoms with E-state index in [2.05, 4.69) is 34.2 Å². The fourth-order valence-corrected chi connectivity index (χ4v) is 5.95. The number of allylic oxidation sites excluding steroid dienone is 2. The van der Waals surface area contributed by atoms with E-state index in [0.29, 0.717) is 47.0 Å². The number of nitrogens with one attached hydrogen (secondary N) is 1. The van der Waals surface area contributed by atoms with Crippen molar-refractivity contribution >= 4 is 33.3 Å². The second-order valence-corrected chi connectivity index (χ2v) is 10.8. The van der Waals surface area contributed by atoms with Gasteiger partial charge in [-0.15, -0.1) is 0 Å². The van der Waals surface area contributed by atoms with Crippen molar-refractivity contribution in [2.24, 2.45) is 16.8 Å². The lowest BCUT2D eigenvalue weighted by Gasteiger charge is -2.35. The third-order valence-corrected chi connectivity index (χ3v) is 7.71. The highest BCUT2D eigenvalue weighted by Gasteiger charge is 2.41. The van der Waals surface area contributed by atoms with E-state index in [1.807, 2.05) is 26.0 Å². The van der Waals surface area contributed by atoms with Crippen molar-refractivity contribution < 1.29 is 23.5 Å². The summed E-state index contributed by atoms with van der Waals surface area (Å²) in [5.74, 6) is 0.426. The van der Waals surface area contributed by atoms with Crippen molar-refractivity contribution in [1.82, 2.24) is 5.32 Å². The van der Waals surface area contributed by atoms with E-state index in [0.717, 1.165) is 36.2 Å². The Bertz CT molecular complexity index is 1370. The largest absolute Gasteiger partial charge is 0.490 e. The van der Waals surface area contributed by atoms with E-state index in [-0.39, 0.29) is 24.1 Å². The lowest BCUT2D eigenvalue weighted by atomic mass is 9.70. The number of ether oxygens (including phenoxy) is 2. The molecule has 1 aromatic heterocycles. The van der Waals surface area contributed by atoms with Crippen LogP contribution in [-0.4, -0.2) is 37.2 Å². The highest BCUT2D eigenvalue weighted by atomic mass is 79.9. The minimum Gasteiger partial charge on any atom is -0.490 e. The summed E-state index contributed by atoms with van der Waals surface area (Å²) in [5, 5.41) is 12.8. The number of carbonyl (C=O) groups is 2. The zero-order valence-electron chi connectivity index (χ0n) is 23.0. The maximum atomic E-state index is 13.4. The Hall–Kier alpha value is -3.64. The molecule has 1 amide bonds. The Morgan fingerprint density at radius 1 is 1.27 bits per heavy atom. The van der Waals surface area contributed by atoms with Gasteiger partial charge in [-0.3, -0.25) is 14.6 Å². The minimum absolute atomic E-state index is 0.0832. The molecule has 210 valence electrons. The second kappa shape index (κ2) is 13.6. The average Bonchev–Trinajstić information content (AvgIpc) is 3.46. The van der Waals surface area contributed by atoms with Gasteiger partial charge in [0.2, 0.25) is 0 Å². The summed E-state index contributed by atoms with van der Waals surface area (Å²) in [4.78, 5) is 30.1. The van der Waals surface area contributed by atoms with Crippen LogP contribution in [0.15, 0.2) is 67.8 Å². The first kappa shape index (κ1) is 29.3. The fraction of sp³-hybridized carbons (Fsp3) is 0.419. The number of furan rings is 1. The van der Waals surface area contributed by atoms with Crippen molar-refractivity contribution in [3.8, 4) is 17.6 Å². The number of nitrogens with zero attached hydrogens (tertiary/aromatic N) is 2. The van der Waals surface area contributed by atoms with Gasteiger partial charge < -0.3 is 19.2 Å². The molecule has 1 N–H and O–H groups in total. The summed E-state index contributed by atoms with van der Waals surface area (Å²) in [6, 6.07) is 9.45. The predicted octanol–water partition coefficient (Wildman–Crippen LogP) is 6.54. The van der Waals surface area contributed by atoms with Crippen molar-refractivity contribution in [1.29, 1.82) is 5.26 Å². The lowest BCUT2D eigenvalue weighted by molar-refractivity contribution is -0.117. The molecule has 40 heavy (non-hydrogen) atoms. The monoisotopic (exact) mass is 607 g/mol. The molecule has 0 saturated carbocycles. The van der Waals surface area contributed by atoms with Crippen molar-refractivity contribution in [3.63, 3.8) is 0 Å². The summed E-state index contributed by atoms with van der Waals surface area (Å²) in [6.45, 7) is 6.88. The number of halogens is 1. The third kappa shape index (κ3) is 6.56. The van der Waals surface area contributed by atoms with Crippen LogP contribution in [0, 0.1) is 23.2 Å². The van der Waals surface area contributed by atoms with E-state index < -0.39 is 11.8 Å². The van der Waals surface area contributed by atoms with Gasteiger partial charge in [0.05, 0.1) is 29.3 Å². The van der Waals surface area contributed by atoms with Crippen molar-refractivity contribution in [3.05, 3.63) is 69.7 Å². The number of hydrogen-bond acceptors (Lipinski definition) is 7. The summed E-state index contributed by atoms with van der Waals surface area (Å²) >= 11 is 3.64. The van der Waals surface area contributed by atoms with E-state index in [1.165, 1.54) is 6.26 Å². The zero-order valence-corrected chi connectivity index (χ0v) is 24.6. The number of rotatable bonds is 11. The average molecular weight is 609 g/mol. The van der Waals surface area contributed by atoms with E-state index in [1.54, 1.807) is 24.3 Å². The lowest BCUT2D eigenvalue weighted by Crippen LogP contribution is -2.32. The zero-order chi connectivity index (χ0) is 28.6. The van der Waals surface area contributed by atoms with Crippen molar-refractivity contribution in [2.45, 2.75) is 52.4 Å². The number of benzene rings is 1. The number of nitriles is 1. The topological polar surface area (TPSA) is 114 Å². The molecule has 0 fully saturated rings. The Labute approximate surface area is 243 Å². The first-order chi connectivity index (χ1) is 19.4. The number of Topliss-reactive ketones (excluding diaryl/α,β-unsaturated/α-hetero) is 1. The normalized spacial score (nSPS) is 20.6. The van der Waals surface area contributed by atoms with Crippen LogP contribution in [0.25, 0.3) is 0 Å². The minimum atomic E-state index is -0.544. The third-order valence-electron chi connectivity index (χ3n) is 7.12. The van der Waals surface area contributed by atoms with Gasteiger partial charge in [0, 0.05) is 35.9 Å². The molecule has 1 aliphatic heterocycles.